The van der Waals surface area contributed by atoms with Crippen LogP contribution in [0, 0.1) is 5.82 Å². The third-order valence-electron chi connectivity index (χ3n) is 2.37. The van der Waals surface area contributed by atoms with E-state index in [1.165, 1.54) is 12.1 Å². The molecule has 0 saturated heterocycles. The first-order chi connectivity index (χ1) is 7.66. The summed E-state index contributed by atoms with van der Waals surface area (Å²) in [6.45, 7) is 0. The average molecular weight is 235 g/mol. The first-order valence-electron chi connectivity index (χ1n) is 4.89. The van der Waals surface area contributed by atoms with Crippen LogP contribution in [0.4, 0.5) is 4.39 Å². The summed E-state index contributed by atoms with van der Waals surface area (Å²) in [5.41, 5.74) is 1.39. The topological polar surface area (TPSA) is 32.6 Å². The van der Waals surface area contributed by atoms with Crippen LogP contribution in [0.15, 0.2) is 40.6 Å². The lowest BCUT2D eigenvalue weighted by molar-refractivity contribution is 0.399. The van der Waals surface area contributed by atoms with Crippen LogP contribution < -0.4 is 0 Å². The number of rotatable bonds is 2. The molecule has 2 nitrogen and oxygen atoms in total. The van der Waals surface area contributed by atoms with Gasteiger partial charge in [0.1, 0.15) is 16.6 Å². The van der Waals surface area contributed by atoms with E-state index in [1.54, 1.807) is 18.3 Å². The van der Waals surface area contributed by atoms with Crippen LogP contribution in [0.2, 0.25) is 0 Å². The van der Waals surface area contributed by atoms with Gasteiger partial charge in [-0.05, 0) is 17.7 Å². The van der Waals surface area contributed by atoms with Gasteiger partial charge in [0, 0.05) is 24.6 Å². The summed E-state index contributed by atoms with van der Waals surface area (Å²) in [5.74, 6) is -0.0629. The number of dihydropyridines is 1. The monoisotopic (exact) mass is 235 g/mol. The van der Waals surface area contributed by atoms with E-state index in [0.29, 0.717) is 23.4 Å². The highest BCUT2D eigenvalue weighted by Crippen LogP contribution is 2.18. The molecule has 1 aliphatic heterocycles. The van der Waals surface area contributed by atoms with Crippen LogP contribution in [0.5, 0.6) is 0 Å². The highest BCUT2D eigenvalue weighted by Gasteiger charge is 2.14. The molecule has 1 heterocycles. The van der Waals surface area contributed by atoms with Crippen molar-refractivity contribution in [2.45, 2.75) is 12.8 Å². The molecule has 0 bridgehead atoms. The number of aliphatic hydroxyl groups excluding tert-OH is 1. The Kier molecular flexibility index (Phi) is 3.10. The van der Waals surface area contributed by atoms with Gasteiger partial charge in [0.05, 0.1) is 0 Å². The van der Waals surface area contributed by atoms with Crippen molar-refractivity contribution in [3.8, 4) is 0 Å². The lowest BCUT2D eigenvalue weighted by atomic mass is 10.0. The van der Waals surface area contributed by atoms with Crippen molar-refractivity contribution >= 4 is 23.4 Å². The van der Waals surface area contributed by atoms with E-state index >= 15 is 0 Å². The van der Waals surface area contributed by atoms with Gasteiger partial charge in [-0.25, -0.2) is 9.38 Å². The number of aliphatic imine (C=N–C) groups is 1. The fourth-order valence-electron chi connectivity index (χ4n) is 1.57. The van der Waals surface area contributed by atoms with Crippen LogP contribution in [0.25, 0.3) is 0 Å². The van der Waals surface area contributed by atoms with Gasteiger partial charge in [-0.1, -0.05) is 24.4 Å². The molecule has 1 aliphatic rings. The number of benzene rings is 1. The van der Waals surface area contributed by atoms with Crippen LogP contribution >= 0.6 is 12.2 Å². The maximum Gasteiger partial charge on any atom is 0.132 e. The molecule has 0 saturated carbocycles. The minimum atomic E-state index is -0.289. The summed E-state index contributed by atoms with van der Waals surface area (Å²) in [6, 6.07) is 6.25. The molecule has 0 fully saturated rings. The first-order valence-corrected chi connectivity index (χ1v) is 5.30. The van der Waals surface area contributed by atoms with E-state index in [1.807, 2.05) is 0 Å². The molecule has 0 atom stereocenters. The van der Waals surface area contributed by atoms with Gasteiger partial charge >= 0.3 is 0 Å². The largest absolute Gasteiger partial charge is 0.512 e. The van der Waals surface area contributed by atoms with Gasteiger partial charge in [0.2, 0.25) is 0 Å². The van der Waals surface area contributed by atoms with E-state index in [-0.39, 0.29) is 11.6 Å². The zero-order chi connectivity index (χ0) is 11.5. The number of thiocarbonyl (C=S) groups is 1. The first kappa shape index (κ1) is 11.0. The van der Waals surface area contributed by atoms with Crippen molar-refractivity contribution < 1.29 is 9.50 Å². The molecule has 82 valence electrons. The molecule has 0 spiro atoms. The van der Waals surface area contributed by atoms with Crippen molar-refractivity contribution in [3.05, 3.63) is 47.0 Å². The van der Waals surface area contributed by atoms with Gasteiger partial charge in [-0.3, -0.25) is 0 Å². The average Bonchev–Trinajstić information content (AvgIpc) is 2.24. The fourth-order valence-corrected chi connectivity index (χ4v) is 1.83. The van der Waals surface area contributed by atoms with E-state index in [4.69, 9.17) is 12.2 Å². The van der Waals surface area contributed by atoms with Gasteiger partial charge in [0.25, 0.3) is 0 Å². The van der Waals surface area contributed by atoms with E-state index in [0.717, 1.165) is 5.56 Å². The maximum atomic E-state index is 13.0. The third-order valence-corrected chi connectivity index (χ3v) is 2.72. The van der Waals surface area contributed by atoms with E-state index in [2.05, 4.69) is 4.99 Å². The number of nitrogens with zero attached hydrogens (tertiary/aromatic N) is 1. The predicted octanol–water partition coefficient (Wildman–Crippen LogP) is 2.98. The van der Waals surface area contributed by atoms with Crippen molar-refractivity contribution in [1.29, 1.82) is 0 Å². The minimum Gasteiger partial charge on any atom is -0.512 e. The molecule has 1 N–H and O–H groups in total. The number of halogens is 1. The molecule has 0 aromatic heterocycles. The second-order valence-corrected chi connectivity index (χ2v) is 3.94. The fraction of sp³-hybridized carbons (Fsp3) is 0.167. The molecule has 16 heavy (non-hydrogen) atoms. The molecular formula is C12H10FNOS. The molecule has 0 aliphatic carbocycles. The van der Waals surface area contributed by atoms with E-state index < -0.39 is 0 Å². The summed E-state index contributed by atoms with van der Waals surface area (Å²) in [7, 11) is 0. The van der Waals surface area contributed by atoms with Crippen molar-refractivity contribution in [3.63, 3.8) is 0 Å². The summed E-state index contributed by atoms with van der Waals surface area (Å²) in [5, 5.41) is 9.68. The highest BCUT2D eigenvalue weighted by atomic mass is 32.1. The molecule has 0 unspecified atom stereocenters. The number of aliphatic hydroxyl groups is 1. The summed E-state index contributed by atoms with van der Waals surface area (Å²) in [6.07, 6.45) is 2.39. The van der Waals surface area contributed by atoms with Crippen molar-refractivity contribution in [2.75, 3.05) is 0 Å². The Morgan fingerprint density at radius 3 is 2.94 bits per heavy atom. The van der Waals surface area contributed by atoms with Crippen molar-refractivity contribution in [1.82, 2.24) is 0 Å². The molecule has 1 aromatic rings. The Bertz CT molecular complexity index is 494. The third kappa shape index (κ3) is 2.33. The highest BCUT2D eigenvalue weighted by molar-refractivity contribution is 7.80. The van der Waals surface area contributed by atoms with Crippen LogP contribution in [-0.2, 0) is 6.42 Å². The second-order valence-electron chi connectivity index (χ2n) is 3.55. The molecule has 0 radical (unpaired) electrons. The Balaban J connectivity index is 2.24. The number of hydrogen-bond donors (Lipinski definition) is 1. The van der Waals surface area contributed by atoms with Crippen LogP contribution in [0.1, 0.15) is 12.0 Å². The number of hydrogen-bond acceptors (Lipinski definition) is 2. The molecular weight excluding hydrogens is 225 g/mol. The standard InChI is InChI=1S/C12H10FNOS/c13-9-3-1-2-8(6-9)7-10-11(15)4-5-14-12(10)16/h1-3,5-6,15H,4,7H2. The van der Waals surface area contributed by atoms with Crippen LogP contribution in [-0.4, -0.2) is 16.3 Å². The lowest BCUT2D eigenvalue weighted by Gasteiger charge is -2.12. The molecule has 2 rings (SSSR count). The summed E-state index contributed by atoms with van der Waals surface area (Å²) < 4.78 is 13.0. The Labute approximate surface area is 98.1 Å². The summed E-state index contributed by atoms with van der Waals surface area (Å²) in [4.78, 5) is 4.36. The molecule has 1 aromatic carbocycles. The summed E-state index contributed by atoms with van der Waals surface area (Å²) >= 11 is 5.03. The molecule has 0 amide bonds. The smallest absolute Gasteiger partial charge is 0.132 e. The van der Waals surface area contributed by atoms with Gasteiger partial charge < -0.3 is 5.11 Å². The van der Waals surface area contributed by atoms with Crippen molar-refractivity contribution in [2.24, 2.45) is 4.99 Å². The predicted molar refractivity (Wildman–Crippen MR) is 65.5 cm³/mol. The number of allylic oxidation sites excluding steroid dienone is 1. The molecule has 4 heteroatoms. The Hall–Kier alpha value is -1.55. The second kappa shape index (κ2) is 4.53. The Morgan fingerprint density at radius 2 is 2.25 bits per heavy atom. The normalized spacial score (nSPS) is 15.7. The maximum absolute atomic E-state index is 13.0. The Morgan fingerprint density at radius 1 is 1.44 bits per heavy atom. The lowest BCUT2D eigenvalue weighted by Crippen LogP contribution is -2.10. The SMILES string of the molecule is OC1=C(Cc2cccc(F)c2)C(=S)N=CC1. The van der Waals surface area contributed by atoms with Gasteiger partial charge in [0.15, 0.2) is 0 Å². The van der Waals surface area contributed by atoms with Crippen LogP contribution in [0.3, 0.4) is 0 Å². The van der Waals surface area contributed by atoms with Gasteiger partial charge in [-0.15, -0.1) is 0 Å². The minimum absolute atomic E-state index is 0.226. The zero-order valence-electron chi connectivity index (χ0n) is 8.48. The zero-order valence-corrected chi connectivity index (χ0v) is 9.30. The van der Waals surface area contributed by atoms with E-state index in [9.17, 15) is 9.50 Å². The van der Waals surface area contributed by atoms with Gasteiger partial charge in [-0.2, -0.15) is 0 Å². The quantitative estimate of drug-likeness (QED) is 0.799.